The van der Waals surface area contributed by atoms with E-state index < -0.39 is 11.2 Å². The lowest BCUT2D eigenvalue weighted by molar-refractivity contribution is -0.142. The zero-order valence-electron chi connectivity index (χ0n) is 29.7. The van der Waals surface area contributed by atoms with E-state index in [1.165, 1.54) is 0 Å². The third-order valence-electron chi connectivity index (χ3n) is 10.5. The third kappa shape index (κ3) is 6.53. The molecule has 0 bridgehead atoms. The van der Waals surface area contributed by atoms with Crippen molar-refractivity contribution in [3.05, 3.63) is 287 Å². The highest BCUT2D eigenvalue weighted by Crippen LogP contribution is 2.58. The van der Waals surface area contributed by atoms with Crippen LogP contribution >= 0.6 is 0 Å². The maximum absolute atomic E-state index is 8.71. The first-order valence-electron chi connectivity index (χ1n) is 18.4. The van der Waals surface area contributed by atoms with Gasteiger partial charge in [0.1, 0.15) is 11.2 Å². The quantitative estimate of drug-likeness (QED) is 0.125. The van der Waals surface area contributed by atoms with Gasteiger partial charge in [-0.05, 0) is 44.5 Å². The second-order valence-corrected chi connectivity index (χ2v) is 13.5. The molecule has 53 heavy (non-hydrogen) atoms. The van der Waals surface area contributed by atoms with E-state index in [1.54, 1.807) is 0 Å². The van der Waals surface area contributed by atoms with Gasteiger partial charge >= 0.3 is 0 Å². The largest absolute Gasteiger partial charge is 0.348 e. The Morgan fingerprint density at radius 2 is 0.396 bits per heavy atom. The fourth-order valence-corrected chi connectivity index (χ4v) is 8.26. The molecule has 0 unspecified atom stereocenters. The first-order chi connectivity index (χ1) is 26.3. The van der Waals surface area contributed by atoms with Crippen molar-refractivity contribution in [1.29, 1.82) is 0 Å². The molecule has 1 nitrogen and oxygen atoms in total. The van der Waals surface area contributed by atoms with Gasteiger partial charge in [-0.2, -0.15) is 0 Å². The summed E-state index contributed by atoms with van der Waals surface area (Å²) in [5, 5.41) is 0. The molecule has 8 aromatic rings. The molecule has 0 radical (unpaired) electrons. The number of benzene rings is 8. The van der Waals surface area contributed by atoms with Crippen LogP contribution in [0.25, 0.3) is 0 Å². The van der Waals surface area contributed by atoms with Crippen molar-refractivity contribution in [3.63, 3.8) is 0 Å². The van der Waals surface area contributed by atoms with Gasteiger partial charge in [-0.1, -0.05) is 243 Å². The number of rotatable bonds is 12. The minimum atomic E-state index is -1.06. The van der Waals surface area contributed by atoms with E-state index in [-0.39, 0.29) is 11.8 Å². The van der Waals surface area contributed by atoms with Gasteiger partial charge in [0.2, 0.25) is 0 Å². The second-order valence-electron chi connectivity index (χ2n) is 13.5. The van der Waals surface area contributed by atoms with Gasteiger partial charge in [0.05, 0.1) is 0 Å². The summed E-state index contributed by atoms with van der Waals surface area (Å²) in [6.45, 7) is 0. The van der Waals surface area contributed by atoms with Crippen LogP contribution in [0.4, 0.5) is 0 Å². The maximum atomic E-state index is 8.71. The minimum absolute atomic E-state index is 0.256. The molecule has 8 rings (SSSR count). The van der Waals surface area contributed by atoms with Crippen LogP contribution in [0.15, 0.2) is 243 Å². The maximum Gasteiger partial charge on any atom is 0.131 e. The van der Waals surface area contributed by atoms with Gasteiger partial charge in [0.25, 0.3) is 0 Å². The van der Waals surface area contributed by atoms with Crippen LogP contribution in [0.3, 0.4) is 0 Å². The first kappa shape index (κ1) is 33.8. The summed E-state index contributed by atoms with van der Waals surface area (Å²) >= 11 is 0. The SMILES string of the molecule is c1ccc(C(c2ccccc2)C(OC(c2ccccc2)(c2ccccc2)C(c2ccccc2)c2ccccc2)(c2ccccc2)c2ccccc2)cc1. The van der Waals surface area contributed by atoms with E-state index in [2.05, 4.69) is 243 Å². The lowest BCUT2D eigenvalue weighted by Crippen LogP contribution is -2.49. The molecule has 0 fully saturated rings. The van der Waals surface area contributed by atoms with Crippen molar-refractivity contribution in [2.24, 2.45) is 0 Å². The summed E-state index contributed by atoms with van der Waals surface area (Å²) in [5.41, 5.74) is 6.82. The Bertz CT molecular complexity index is 1950. The summed E-state index contributed by atoms with van der Waals surface area (Å²) in [6.07, 6.45) is 0. The van der Waals surface area contributed by atoms with E-state index in [9.17, 15) is 0 Å². The normalized spacial score (nSPS) is 11.8. The monoisotopic (exact) mass is 682 g/mol. The molecule has 0 spiro atoms. The molecule has 0 aromatic heterocycles. The van der Waals surface area contributed by atoms with Crippen LogP contribution < -0.4 is 0 Å². The van der Waals surface area contributed by atoms with Crippen LogP contribution in [-0.4, -0.2) is 0 Å². The van der Waals surface area contributed by atoms with Crippen molar-refractivity contribution in [3.8, 4) is 0 Å². The van der Waals surface area contributed by atoms with E-state index in [1.807, 2.05) is 0 Å². The van der Waals surface area contributed by atoms with E-state index in [4.69, 9.17) is 4.74 Å². The molecule has 0 atom stereocenters. The average molecular weight is 683 g/mol. The Kier molecular flexibility index (Phi) is 9.92. The summed E-state index contributed by atoms with van der Waals surface area (Å²) in [4.78, 5) is 0. The van der Waals surface area contributed by atoms with Gasteiger partial charge < -0.3 is 4.74 Å². The van der Waals surface area contributed by atoms with Crippen molar-refractivity contribution < 1.29 is 4.74 Å². The molecule has 0 saturated carbocycles. The third-order valence-corrected chi connectivity index (χ3v) is 10.5. The predicted molar refractivity (Wildman–Crippen MR) is 218 cm³/mol. The fourth-order valence-electron chi connectivity index (χ4n) is 8.26. The summed E-state index contributed by atoms with van der Waals surface area (Å²) in [5.74, 6) is -0.512. The average Bonchev–Trinajstić information content (AvgIpc) is 3.26. The summed E-state index contributed by atoms with van der Waals surface area (Å²) in [7, 11) is 0. The molecular weight excluding hydrogens is 641 g/mol. The van der Waals surface area contributed by atoms with Gasteiger partial charge in [-0.15, -0.1) is 0 Å². The van der Waals surface area contributed by atoms with Gasteiger partial charge in [-0.3, -0.25) is 0 Å². The van der Waals surface area contributed by atoms with Crippen LogP contribution in [-0.2, 0) is 15.9 Å². The molecule has 8 aromatic carbocycles. The Labute approximate surface area is 313 Å². The fraction of sp³-hybridized carbons (Fsp3) is 0.0769. The van der Waals surface area contributed by atoms with Crippen LogP contribution in [0.5, 0.6) is 0 Å². The molecule has 1 heteroatoms. The molecule has 0 saturated heterocycles. The van der Waals surface area contributed by atoms with E-state index >= 15 is 0 Å². The van der Waals surface area contributed by atoms with Crippen LogP contribution in [0, 0.1) is 0 Å². The Morgan fingerprint density at radius 3 is 0.585 bits per heavy atom. The summed E-state index contributed by atoms with van der Waals surface area (Å²) in [6, 6.07) is 87.0. The highest BCUT2D eigenvalue weighted by molar-refractivity contribution is 5.53. The van der Waals surface area contributed by atoms with E-state index in [0.29, 0.717) is 0 Å². The Hall–Kier alpha value is -6.28. The summed E-state index contributed by atoms with van der Waals surface area (Å²) < 4.78 is 8.71. The van der Waals surface area contributed by atoms with Crippen LogP contribution in [0.1, 0.15) is 56.3 Å². The number of hydrogen-bond donors (Lipinski definition) is 0. The van der Waals surface area contributed by atoms with Crippen molar-refractivity contribution in [2.45, 2.75) is 23.0 Å². The second kappa shape index (κ2) is 15.5. The Balaban J connectivity index is 1.58. The molecule has 0 aliphatic rings. The number of ether oxygens (including phenoxy) is 1. The molecule has 0 aliphatic heterocycles. The predicted octanol–water partition coefficient (Wildman–Crippen LogP) is 12.6. The van der Waals surface area contributed by atoms with Gasteiger partial charge in [-0.25, -0.2) is 0 Å². The topological polar surface area (TPSA) is 9.23 Å². The van der Waals surface area contributed by atoms with E-state index in [0.717, 1.165) is 44.5 Å². The minimum Gasteiger partial charge on any atom is -0.348 e. The van der Waals surface area contributed by atoms with Crippen molar-refractivity contribution >= 4 is 0 Å². The molecule has 256 valence electrons. The number of hydrogen-bond acceptors (Lipinski definition) is 1. The smallest absolute Gasteiger partial charge is 0.131 e. The van der Waals surface area contributed by atoms with Crippen molar-refractivity contribution in [1.82, 2.24) is 0 Å². The molecule has 0 amide bonds. The lowest BCUT2D eigenvalue weighted by Gasteiger charge is -2.52. The first-order valence-corrected chi connectivity index (χ1v) is 18.4. The lowest BCUT2D eigenvalue weighted by atomic mass is 9.66. The van der Waals surface area contributed by atoms with Crippen molar-refractivity contribution in [2.75, 3.05) is 0 Å². The zero-order valence-corrected chi connectivity index (χ0v) is 29.7. The molecule has 0 aliphatic carbocycles. The molecular formula is C52H42O. The van der Waals surface area contributed by atoms with Gasteiger partial charge in [0.15, 0.2) is 0 Å². The highest BCUT2D eigenvalue weighted by Gasteiger charge is 2.55. The zero-order chi connectivity index (χ0) is 35.8. The Morgan fingerprint density at radius 1 is 0.226 bits per heavy atom. The van der Waals surface area contributed by atoms with Crippen LogP contribution in [0.2, 0.25) is 0 Å². The van der Waals surface area contributed by atoms with Gasteiger partial charge in [0, 0.05) is 11.8 Å². The standard InChI is InChI=1S/C52H42O/c1-9-25-41(26-10-1)49(42-27-11-2-12-28-42)51(45-33-17-5-18-34-45,46-35-19-6-20-36-46)53-52(47-37-21-7-22-38-47,48-39-23-8-24-40-48)50(43-29-13-3-14-30-43)44-31-15-4-16-32-44/h1-40,49-50H. The molecule has 0 heterocycles. The highest BCUT2D eigenvalue weighted by atomic mass is 16.5. The molecule has 0 N–H and O–H groups in total.